The van der Waals surface area contributed by atoms with Crippen LogP contribution in [0.3, 0.4) is 0 Å². The summed E-state index contributed by atoms with van der Waals surface area (Å²) in [5.74, 6) is -2.10. The van der Waals surface area contributed by atoms with Gasteiger partial charge in [0.2, 0.25) is 14.9 Å². The van der Waals surface area contributed by atoms with Gasteiger partial charge in [-0.2, -0.15) is 0 Å². The molecule has 1 radical (unpaired) electrons. The van der Waals surface area contributed by atoms with Crippen LogP contribution in [0.2, 0.25) is 13.1 Å². The minimum Gasteiger partial charge on any atom is -0.480 e. The van der Waals surface area contributed by atoms with Gasteiger partial charge in [-0.3, -0.25) is 19.3 Å². The van der Waals surface area contributed by atoms with Crippen molar-refractivity contribution in [1.82, 2.24) is 9.80 Å². The first-order valence-electron chi connectivity index (χ1n) is 9.95. The molecule has 0 saturated heterocycles. The third-order valence-corrected chi connectivity index (χ3v) is 5.89. The summed E-state index contributed by atoms with van der Waals surface area (Å²) in [5.41, 5.74) is 0.727. The van der Waals surface area contributed by atoms with Gasteiger partial charge in [-0.1, -0.05) is 51.1 Å². The van der Waals surface area contributed by atoms with E-state index < -0.39 is 33.5 Å². The van der Waals surface area contributed by atoms with E-state index in [1.165, 1.54) is 16.7 Å². The zero-order valence-electron chi connectivity index (χ0n) is 18.5. The maximum Gasteiger partial charge on any atom is 0.323 e. The van der Waals surface area contributed by atoms with Gasteiger partial charge in [-0.05, 0) is 24.1 Å². The smallest absolute Gasteiger partial charge is 0.323 e. The molecule has 1 aliphatic rings. The summed E-state index contributed by atoms with van der Waals surface area (Å²) < 4.78 is 5.94. The molecule has 1 heterocycles. The van der Waals surface area contributed by atoms with Crippen LogP contribution in [-0.2, 0) is 18.8 Å². The fourth-order valence-electron chi connectivity index (χ4n) is 3.54. The lowest BCUT2D eigenvalue weighted by molar-refractivity contribution is -0.150. The zero-order valence-corrected chi connectivity index (χ0v) is 19.5. The average Bonchev–Trinajstić information content (AvgIpc) is 2.63. The monoisotopic (exact) mass is 431 g/mol. The topological polar surface area (TPSA) is 87.2 Å². The Bertz CT molecular complexity index is 817. The van der Waals surface area contributed by atoms with E-state index >= 15 is 0 Å². The van der Waals surface area contributed by atoms with Crippen molar-refractivity contribution in [2.75, 3.05) is 13.2 Å². The molecule has 2 unspecified atom stereocenters. The zero-order chi connectivity index (χ0) is 22.6. The Hall–Kier alpha value is -2.45. The molecule has 30 heavy (non-hydrogen) atoms. The third-order valence-electron chi connectivity index (χ3n) is 5.14. The minimum absolute atomic E-state index is 0.274. The van der Waals surface area contributed by atoms with Crippen LogP contribution in [0.25, 0.3) is 5.70 Å². The van der Waals surface area contributed by atoms with Crippen molar-refractivity contribution in [3.8, 4) is 0 Å². The number of carbonyl (C=O) groups is 3. The van der Waals surface area contributed by atoms with Crippen LogP contribution >= 0.6 is 0 Å². The Morgan fingerprint density at radius 1 is 1.20 bits per heavy atom. The summed E-state index contributed by atoms with van der Waals surface area (Å²) >= 11 is 0. The van der Waals surface area contributed by atoms with E-state index in [-0.39, 0.29) is 17.2 Å². The summed E-state index contributed by atoms with van der Waals surface area (Å²) in [6, 6.07) is 8.20. The summed E-state index contributed by atoms with van der Waals surface area (Å²) in [6.45, 7) is 11.3. The molecule has 2 amide bonds. The van der Waals surface area contributed by atoms with Crippen LogP contribution in [0.1, 0.15) is 33.3 Å². The molecular weight excluding hydrogens is 400 g/mol. The molecule has 163 valence electrons. The molecular formula is C22H31N2O5Si. The van der Waals surface area contributed by atoms with E-state index in [2.05, 4.69) is 0 Å². The first kappa shape index (κ1) is 23.8. The fraction of sp³-hybridized carbons (Fsp3) is 0.500. The van der Waals surface area contributed by atoms with Crippen molar-refractivity contribution in [2.24, 2.45) is 11.3 Å². The predicted octanol–water partition coefficient (Wildman–Crippen LogP) is 3.06. The molecule has 1 N–H and O–H groups in total. The lowest BCUT2D eigenvalue weighted by Crippen LogP contribution is -2.59. The Morgan fingerprint density at radius 3 is 2.27 bits per heavy atom. The molecule has 1 aromatic carbocycles. The fourth-order valence-corrected chi connectivity index (χ4v) is 4.05. The molecule has 0 spiro atoms. The molecule has 2 atom stereocenters. The summed E-state index contributed by atoms with van der Waals surface area (Å²) in [5, 5.41) is 9.46. The van der Waals surface area contributed by atoms with Crippen molar-refractivity contribution < 1.29 is 23.9 Å². The van der Waals surface area contributed by atoms with Crippen LogP contribution < -0.4 is 0 Å². The second-order valence-corrected chi connectivity index (χ2v) is 10.9. The van der Waals surface area contributed by atoms with Gasteiger partial charge in [0, 0.05) is 25.6 Å². The number of amides is 2. The van der Waals surface area contributed by atoms with Crippen molar-refractivity contribution >= 4 is 32.5 Å². The highest BCUT2D eigenvalue weighted by molar-refractivity contribution is 6.48. The van der Waals surface area contributed by atoms with E-state index in [0.29, 0.717) is 17.9 Å². The Balaban J connectivity index is 2.62. The Kier molecular flexibility index (Phi) is 7.60. The van der Waals surface area contributed by atoms with E-state index in [1.807, 2.05) is 52.1 Å². The SMILES string of the molecule is CC(=O)N1C=C(c2ccccc2)N(CC(=O)O)C(=O)C1C(CO[Si](C)C)C(C)(C)C. The van der Waals surface area contributed by atoms with Gasteiger partial charge in [-0.25, -0.2) is 0 Å². The standard InChI is InChI=1S/C22H31N2O5Si/c1-15(25)23-12-18(16-10-8-7-9-11-16)24(13-19(26)27)21(28)20(23)17(22(2,3)4)14-29-30(5)6/h7-12,17,20H,13-14H2,1-6H3,(H,26,27). The predicted molar refractivity (Wildman–Crippen MR) is 116 cm³/mol. The van der Waals surface area contributed by atoms with Crippen LogP contribution in [0, 0.1) is 11.3 Å². The molecule has 2 rings (SSSR count). The molecule has 0 saturated carbocycles. The lowest BCUT2D eigenvalue weighted by atomic mass is 9.75. The number of hydrogen-bond acceptors (Lipinski definition) is 4. The average molecular weight is 432 g/mol. The molecule has 8 heteroatoms. The highest BCUT2D eigenvalue weighted by Crippen LogP contribution is 2.37. The van der Waals surface area contributed by atoms with E-state index in [1.54, 1.807) is 18.3 Å². The Labute approximate surface area is 180 Å². The van der Waals surface area contributed by atoms with E-state index in [9.17, 15) is 19.5 Å². The van der Waals surface area contributed by atoms with Crippen molar-refractivity contribution in [3.05, 3.63) is 42.1 Å². The number of rotatable bonds is 7. The molecule has 1 aliphatic heterocycles. The first-order chi connectivity index (χ1) is 13.9. The number of carboxylic acid groups (broad SMARTS) is 1. The Morgan fingerprint density at radius 2 is 1.80 bits per heavy atom. The molecule has 1 aromatic rings. The second-order valence-electron chi connectivity index (χ2n) is 8.76. The van der Waals surface area contributed by atoms with Gasteiger partial charge in [0.1, 0.15) is 12.6 Å². The van der Waals surface area contributed by atoms with Gasteiger partial charge in [0.05, 0.1) is 5.70 Å². The van der Waals surface area contributed by atoms with Crippen LogP contribution in [0.5, 0.6) is 0 Å². The number of aliphatic carboxylic acids is 1. The number of carboxylic acids is 1. The third kappa shape index (κ3) is 5.57. The maximum atomic E-state index is 13.7. The van der Waals surface area contributed by atoms with Crippen molar-refractivity contribution in [3.63, 3.8) is 0 Å². The van der Waals surface area contributed by atoms with E-state index in [4.69, 9.17) is 4.43 Å². The second kappa shape index (κ2) is 9.57. The van der Waals surface area contributed by atoms with Crippen LogP contribution in [0.15, 0.2) is 36.5 Å². The summed E-state index contributed by atoms with van der Waals surface area (Å²) in [4.78, 5) is 40.5. The van der Waals surface area contributed by atoms with Gasteiger partial charge in [-0.15, -0.1) is 0 Å². The van der Waals surface area contributed by atoms with Crippen LogP contribution in [-0.4, -0.2) is 60.9 Å². The molecule has 0 fully saturated rings. The lowest BCUT2D eigenvalue weighted by Gasteiger charge is -2.45. The van der Waals surface area contributed by atoms with Gasteiger partial charge < -0.3 is 14.4 Å². The van der Waals surface area contributed by atoms with Crippen molar-refractivity contribution in [1.29, 1.82) is 0 Å². The van der Waals surface area contributed by atoms with Gasteiger partial charge >= 0.3 is 5.97 Å². The highest BCUT2D eigenvalue weighted by Gasteiger charge is 2.46. The van der Waals surface area contributed by atoms with Crippen molar-refractivity contribution in [2.45, 2.75) is 46.8 Å². The summed E-state index contributed by atoms with van der Waals surface area (Å²) in [6.07, 6.45) is 1.61. The number of benzene rings is 1. The molecule has 0 aliphatic carbocycles. The largest absolute Gasteiger partial charge is 0.480 e. The molecule has 7 nitrogen and oxygen atoms in total. The minimum atomic E-state index is -1.11. The summed E-state index contributed by atoms with van der Waals surface area (Å²) in [7, 11) is -1.00. The van der Waals surface area contributed by atoms with Gasteiger partial charge in [0.15, 0.2) is 0 Å². The van der Waals surface area contributed by atoms with Crippen LogP contribution in [0.4, 0.5) is 0 Å². The maximum absolute atomic E-state index is 13.7. The number of nitrogens with zero attached hydrogens (tertiary/aromatic N) is 2. The molecule has 0 bridgehead atoms. The normalized spacial score (nSPS) is 18.4. The first-order valence-corrected chi connectivity index (χ1v) is 12.4. The highest BCUT2D eigenvalue weighted by atomic mass is 28.3. The number of hydrogen-bond donors (Lipinski definition) is 1. The van der Waals surface area contributed by atoms with E-state index in [0.717, 1.165) is 0 Å². The van der Waals surface area contributed by atoms with Gasteiger partial charge in [0.25, 0.3) is 5.91 Å². The quantitative estimate of drug-likeness (QED) is 0.671. The number of carbonyl (C=O) groups excluding carboxylic acids is 2. The molecule has 0 aromatic heterocycles.